The lowest BCUT2D eigenvalue weighted by atomic mass is 9.97. The molecule has 3 heteroatoms. The highest BCUT2D eigenvalue weighted by atomic mass is 16.4. The van der Waals surface area contributed by atoms with E-state index in [4.69, 9.17) is 10.8 Å². The summed E-state index contributed by atoms with van der Waals surface area (Å²) in [6.45, 7) is 3.89. The van der Waals surface area contributed by atoms with Crippen LogP contribution in [0.5, 0.6) is 0 Å². The van der Waals surface area contributed by atoms with Crippen LogP contribution in [0.15, 0.2) is 18.2 Å². The smallest absolute Gasteiger partial charge is 0.335 e. The van der Waals surface area contributed by atoms with Crippen molar-refractivity contribution < 1.29 is 9.90 Å². The van der Waals surface area contributed by atoms with Gasteiger partial charge in [-0.3, -0.25) is 0 Å². The zero-order valence-corrected chi connectivity index (χ0v) is 8.45. The second kappa shape index (κ2) is 4.24. The summed E-state index contributed by atoms with van der Waals surface area (Å²) in [6.07, 6.45) is 0.872. The summed E-state index contributed by atoms with van der Waals surface area (Å²) in [4.78, 5) is 10.7. The highest BCUT2D eigenvalue weighted by molar-refractivity contribution is 5.87. The van der Waals surface area contributed by atoms with E-state index in [9.17, 15) is 4.79 Å². The molecular weight excluding hydrogens is 178 g/mol. The fourth-order valence-electron chi connectivity index (χ4n) is 1.47. The molecule has 1 rings (SSSR count). The van der Waals surface area contributed by atoms with Crippen LogP contribution in [0.1, 0.15) is 41.4 Å². The lowest BCUT2D eigenvalue weighted by molar-refractivity contribution is 0.0697. The molecule has 0 heterocycles. The maximum absolute atomic E-state index is 10.7. The Kier molecular flexibility index (Phi) is 3.25. The molecule has 0 fully saturated rings. The van der Waals surface area contributed by atoms with Crippen molar-refractivity contribution >= 4 is 5.97 Å². The van der Waals surface area contributed by atoms with E-state index < -0.39 is 5.97 Å². The van der Waals surface area contributed by atoms with Gasteiger partial charge in [-0.2, -0.15) is 0 Å². The van der Waals surface area contributed by atoms with Gasteiger partial charge in [0, 0.05) is 6.04 Å². The van der Waals surface area contributed by atoms with Crippen LogP contribution >= 0.6 is 0 Å². The Labute approximate surface area is 83.6 Å². The molecule has 1 atom stereocenters. The standard InChI is InChI=1S/C11H15NO2/c1-3-8-4-5-9(11(13)14)6-10(8)7(2)12/h4-7H,3,12H2,1-2H3,(H,13,14). The van der Waals surface area contributed by atoms with E-state index in [1.165, 1.54) is 0 Å². The molecule has 0 bridgehead atoms. The number of benzene rings is 1. The second-order valence-corrected chi connectivity index (χ2v) is 3.36. The summed E-state index contributed by atoms with van der Waals surface area (Å²) >= 11 is 0. The number of hydrogen-bond acceptors (Lipinski definition) is 2. The molecule has 0 aliphatic rings. The average Bonchev–Trinajstić information content (AvgIpc) is 2.16. The van der Waals surface area contributed by atoms with Gasteiger partial charge in [0.25, 0.3) is 0 Å². The molecule has 1 unspecified atom stereocenters. The van der Waals surface area contributed by atoms with Crippen LogP contribution in [0.2, 0.25) is 0 Å². The van der Waals surface area contributed by atoms with Gasteiger partial charge in [0.15, 0.2) is 0 Å². The molecule has 0 saturated heterocycles. The van der Waals surface area contributed by atoms with E-state index in [1.54, 1.807) is 12.1 Å². The van der Waals surface area contributed by atoms with Crippen LogP contribution < -0.4 is 5.73 Å². The molecule has 0 aliphatic carbocycles. The number of carboxylic acid groups (broad SMARTS) is 1. The predicted octanol–water partition coefficient (Wildman–Crippen LogP) is 1.97. The topological polar surface area (TPSA) is 63.3 Å². The normalized spacial score (nSPS) is 12.5. The van der Waals surface area contributed by atoms with Crippen molar-refractivity contribution in [3.8, 4) is 0 Å². The first-order valence-electron chi connectivity index (χ1n) is 4.68. The molecule has 0 saturated carbocycles. The Morgan fingerprint density at radius 3 is 2.64 bits per heavy atom. The number of nitrogens with two attached hydrogens (primary N) is 1. The zero-order valence-electron chi connectivity index (χ0n) is 8.45. The maximum Gasteiger partial charge on any atom is 0.335 e. The molecule has 1 aromatic rings. The number of hydrogen-bond donors (Lipinski definition) is 2. The van der Waals surface area contributed by atoms with Gasteiger partial charge in [-0.05, 0) is 36.6 Å². The highest BCUT2D eigenvalue weighted by Gasteiger charge is 2.09. The van der Waals surface area contributed by atoms with E-state index in [-0.39, 0.29) is 6.04 Å². The molecule has 0 radical (unpaired) electrons. The summed E-state index contributed by atoms with van der Waals surface area (Å²) in [5, 5.41) is 8.81. The van der Waals surface area contributed by atoms with E-state index in [1.807, 2.05) is 19.9 Å². The molecular formula is C11H15NO2. The van der Waals surface area contributed by atoms with E-state index in [0.717, 1.165) is 17.5 Å². The Balaban J connectivity index is 3.20. The van der Waals surface area contributed by atoms with Crippen molar-refractivity contribution in [3.05, 3.63) is 34.9 Å². The van der Waals surface area contributed by atoms with Crippen molar-refractivity contribution in [2.24, 2.45) is 5.73 Å². The van der Waals surface area contributed by atoms with Gasteiger partial charge in [0.05, 0.1) is 5.56 Å². The molecule has 0 amide bonds. The van der Waals surface area contributed by atoms with Crippen molar-refractivity contribution in [2.45, 2.75) is 26.3 Å². The van der Waals surface area contributed by atoms with Gasteiger partial charge in [-0.1, -0.05) is 13.0 Å². The van der Waals surface area contributed by atoms with Crippen LogP contribution in [-0.4, -0.2) is 11.1 Å². The van der Waals surface area contributed by atoms with Gasteiger partial charge < -0.3 is 10.8 Å². The number of aryl methyl sites for hydroxylation is 1. The summed E-state index contributed by atoms with van der Waals surface area (Å²) in [5.41, 5.74) is 8.11. The van der Waals surface area contributed by atoms with Crippen LogP contribution in [0.4, 0.5) is 0 Å². The van der Waals surface area contributed by atoms with Crippen molar-refractivity contribution in [1.29, 1.82) is 0 Å². The maximum atomic E-state index is 10.7. The Hall–Kier alpha value is -1.35. The number of carbonyl (C=O) groups is 1. The van der Waals surface area contributed by atoms with Gasteiger partial charge >= 0.3 is 5.97 Å². The van der Waals surface area contributed by atoms with Crippen LogP contribution in [-0.2, 0) is 6.42 Å². The fourth-order valence-corrected chi connectivity index (χ4v) is 1.47. The number of carboxylic acids is 1. The molecule has 3 nitrogen and oxygen atoms in total. The van der Waals surface area contributed by atoms with Crippen molar-refractivity contribution in [2.75, 3.05) is 0 Å². The third-order valence-electron chi connectivity index (χ3n) is 2.26. The Morgan fingerprint density at radius 1 is 1.57 bits per heavy atom. The first-order valence-corrected chi connectivity index (χ1v) is 4.68. The lowest BCUT2D eigenvalue weighted by Gasteiger charge is -2.12. The minimum Gasteiger partial charge on any atom is -0.478 e. The van der Waals surface area contributed by atoms with Gasteiger partial charge in [-0.15, -0.1) is 0 Å². The minimum absolute atomic E-state index is 0.121. The molecule has 0 aliphatic heterocycles. The quantitative estimate of drug-likeness (QED) is 0.771. The number of aromatic carboxylic acids is 1. The van der Waals surface area contributed by atoms with Crippen molar-refractivity contribution in [3.63, 3.8) is 0 Å². The second-order valence-electron chi connectivity index (χ2n) is 3.36. The average molecular weight is 193 g/mol. The van der Waals surface area contributed by atoms with E-state index >= 15 is 0 Å². The fraction of sp³-hybridized carbons (Fsp3) is 0.364. The Bertz CT molecular complexity index is 345. The Morgan fingerprint density at radius 2 is 2.21 bits per heavy atom. The van der Waals surface area contributed by atoms with Crippen LogP contribution in [0.3, 0.4) is 0 Å². The largest absolute Gasteiger partial charge is 0.478 e. The predicted molar refractivity (Wildman–Crippen MR) is 55.4 cm³/mol. The minimum atomic E-state index is -0.908. The first kappa shape index (κ1) is 10.7. The molecule has 3 N–H and O–H groups in total. The van der Waals surface area contributed by atoms with E-state index in [0.29, 0.717) is 5.56 Å². The lowest BCUT2D eigenvalue weighted by Crippen LogP contribution is -2.10. The highest BCUT2D eigenvalue weighted by Crippen LogP contribution is 2.18. The summed E-state index contributed by atoms with van der Waals surface area (Å²) in [7, 11) is 0. The summed E-state index contributed by atoms with van der Waals surface area (Å²) in [6, 6.07) is 4.99. The molecule has 0 aromatic heterocycles. The van der Waals surface area contributed by atoms with Gasteiger partial charge in [0.1, 0.15) is 0 Å². The first-order chi connectivity index (χ1) is 6.56. The van der Waals surface area contributed by atoms with Crippen molar-refractivity contribution in [1.82, 2.24) is 0 Å². The SMILES string of the molecule is CCc1ccc(C(=O)O)cc1C(C)N. The monoisotopic (exact) mass is 193 g/mol. The number of rotatable bonds is 3. The van der Waals surface area contributed by atoms with Gasteiger partial charge in [0.2, 0.25) is 0 Å². The molecule has 14 heavy (non-hydrogen) atoms. The van der Waals surface area contributed by atoms with Crippen LogP contribution in [0, 0.1) is 0 Å². The van der Waals surface area contributed by atoms with E-state index in [2.05, 4.69) is 0 Å². The third-order valence-corrected chi connectivity index (χ3v) is 2.26. The van der Waals surface area contributed by atoms with Crippen LogP contribution in [0.25, 0.3) is 0 Å². The zero-order chi connectivity index (χ0) is 10.7. The third kappa shape index (κ3) is 2.12. The molecule has 1 aromatic carbocycles. The molecule has 0 spiro atoms. The summed E-state index contributed by atoms with van der Waals surface area (Å²) < 4.78 is 0. The molecule has 76 valence electrons. The summed E-state index contributed by atoms with van der Waals surface area (Å²) in [5.74, 6) is -0.908. The van der Waals surface area contributed by atoms with Gasteiger partial charge in [-0.25, -0.2) is 4.79 Å².